The highest BCUT2D eigenvalue weighted by Crippen LogP contribution is 2.22. The standard InChI is InChI=1S/C26H24N4O4S/c1-17-9-10-23(34-17)15-28-25(33)20-6-4-8-22(14-20)30-12-11-27-26(30)35-16-24(32)29-21-7-3-5-19(13-21)18(2)31/h3-14H,15-16H2,1-2H3,(H,28,33)(H,29,32). The number of carbonyl (C=O) groups is 3. The van der Waals surface area contributed by atoms with Crippen LogP contribution in [0.5, 0.6) is 0 Å². The maximum atomic E-state index is 12.6. The van der Waals surface area contributed by atoms with E-state index in [1.54, 1.807) is 54.9 Å². The van der Waals surface area contributed by atoms with Crippen molar-refractivity contribution in [2.45, 2.75) is 25.5 Å². The van der Waals surface area contributed by atoms with Crippen LogP contribution in [0.2, 0.25) is 0 Å². The Hall–Kier alpha value is -4.11. The fourth-order valence-electron chi connectivity index (χ4n) is 3.38. The second-order valence-corrected chi connectivity index (χ2v) is 8.74. The minimum Gasteiger partial charge on any atom is -0.465 e. The van der Waals surface area contributed by atoms with E-state index in [0.29, 0.717) is 34.3 Å². The van der Waals surface area contributed by atoms with E-state index in [1.807, 2.05) is 29.7 Å². The highest BCUT2D eigenvalue weighted by molar-refractivity contribution is 7.99. The number of ketones is 1. The Morgan fingerprint density at radius 2 is 1.83 bits per heavy atom. The van der Waals surface area contributed by atoms with Gasteiger partial charge in [-0.15, -0.1) is 0 Å². The van der Waals surface area contributed by atoms with Crippen LogP contribution < -0.4 is 10.6 Å². The highest BCUT2D eigenvalue weighted by Gasteiger charge is 2.13. The number of nitrogens with one attached hydrogen (secondary N) is 2. The number of furan rings is 1. The van der Waals surface area contributed by atoms with Crippen molar-refractivity contribution in [2.75, 3.05) is 11.1 Å². The van der Waals surface area contributed by atoms with Gasteiger partial charge in [-0.2, -0.15) is 0 Å². The third-order valence-corrected chi connectivity index (χ3v) is 6.06. The van der Waals surface area contributed by atoms with Gasteiger partial charge in [0.05, 0.1) is 12.3 Å². The molecule has 4 aromatic rings. The van der Waals surface area contributed by atoms with Gasteiger partial charge in [0, 0.05) is 34.9 Å². The van der Waals surface area contributed by atoms with Crippen LogP contribution >= 0.6 is 11.8 Å². The fraction of sp³-hybridized carbons (Fsp3) is 0.154. The smallest absolute Gasteiger partial charge is 0.251 e. The molecule has 2 heterocycles. The Morgan fingerprint density at radius 3 is 2.60 bits per heavy atom. The average molecular weight is 489 g/mol. The van der Waals surface area contributed by atoms with E-state index in [-0.39, 0.29) is 23.4 Å². The number of anilines is 1. The minimum atomic E-state index is -0.220. The van der Waals surface area contributed by atoms with Crippen molar-refractivity contribution in [3.63, 3.8) is 0 Å². The summed E-state index contributed by atoms with van der Waals surface area (Å²) < 4.78 is 7.31. The van der Waals surface area contributed by atoms with Crippen LogP contribution in [0.1, 0.15) is 39.2 Å². The van der Waals surface area contributed by atoms with Crippen LogP contribution in [0.15, 0.2) is 82.6 Å². The van der Waals surface area contributed by atoms with Gasteiger partial charge < -0.3 is 15.1 Å². The van der Waals surface area contributed by atoms with Gasteiger partial charge in [-0.1, -0.05) is 30.0 Å². The summed E-state index contributed by atoms with van der Waals surface area (Å²) >= 11 is 1.27. The van der Waals surface area contributed by atoms with Gasteiger partial charge >= 0.3 is 0 Å². The summed E-state index contributed by atoms with van der Waals surface area (Å²) in [5.74, 6) is 1.11. The van der Waals surface area contributed by atoms with Gasteiger partial charge in [-0.3, -0.25) is 19.0 Å². The SMILES string of the molecule is CC(=O)c1cccc(NC(=O)CSc2nccn2-c2cccc(C(=O)NCc3ccc(C)o3)c2)c1. The number of thioether (sulfide) groups is 1. The van der Waals surface area contributed by atoms with Crippen LogP contribution in [0.3, 0.4) is 0 Å². The Bertz CT molecular complexity index is 1370. The third-order valence-electron chi connectivity index (χ3n) is 5.10. The summed E-state index contributed by atoms with van der Waals surface area (Å²) in [5, 5.41) is 6.27. The zero-order valence-electron chi connectivity index (χ0n) is 19.3. The molecule has 0 fully saturated rings. The number of imidazole rings is 1. The molecule has 2 amide bonds. The topological polar surface area (TPSA) is 106 Å². The van der Waals surface area contributed by atoms with Crippen molar-refractivity contribution in [1.29, 1.82) is 0 Å². The van der Waals surface area contributed by atoms with E-state index in [2.05, 4.69) is 15.6 Å². The molecule has 2 aromatic carbocycles. The Morgan fingerprint density at radius 1 is 1.03 bits per heavy atom. The van der Waals surface area contributed by atoms with Crippen LogP contribution in [0.25, 0.3) is 5.69 Å². The molecular formula is C26H24N4O4S. The van der Waals surface area contributed by atoms with Gasteiger partial charge in [0.25, 0.3) is 5.91 Å². The number of nitrogens with zero attached hydrogens (tertiary/aromatic N) is 2. The molecule has 0 atom stereocenters. The summed E-state index contributed by atoms with van der Waals surface area (Å²) in [4.78, 5) is 41.0. The first-order valence-corrected chi connectivity index (χ1v) is 11.9. The maximum Gasteiger partial charge on any atom is 0.251 e. The lowest BCUT2D eigenvalue weighted by Gasteiger charge is -2.10. The number of amides is 2. The molecule has 178 valence electrons. The molecule has 35 heavy (non-hydrogen) atoms. The van der Waals surface area contributed by atoms with Crippen molar-refractivity contribution in [3.8, 4) is 5.69 Å². The first-order chi connectivity index (χ1) is 16.9. The van der Waals surface area contributed by atoms with Gasteiger partial charge in [0.2, 0.25) is 5.91 Å². The molecule has 0 aliphatic rings. The van der Waals surface area contributed by atoms with Crippen molar-refractivity contribution in [1.82, 2.24) is 14.9 Å². The molecule has 0 radical (unpaired) electrons. The Balaban J connectivity index is 1.38. The van der Waals surface area contributed by atoms with Gasteiger partial charge in [-0.25, -0.2) is 4.98 Å². The van der Waals surface area contributed by atoms with E-state index in [0.717, 1.165) is 11.4 Å². The molecule has 0 spiro atoms. The summed E-state index contributed by atoms with van der Waals surface area (Å²) in [7, 11) is 0. The molecule has 0 aliphatic carbocycles. The van der Waals surface area contributed by atoms with Crippen molar-refractivity contribution in [2.24, 2.45) is 0 Å². The molecule has 0 bridgehead atoms. The number of aromatic nitrogens is 2. The number of hydrogen-bond acceptors (Lipinski definition) is 6. The summed E-state index contributed by atoms with van der Waals surface area (Å²) in [6.07, 6.45) is 3.42. The van der Waals surface area contributed by atoms with Crippen molar-refractivity contribution >= 4 is 35.0 Å². The van der Waals surface area contributed by atoms with E-state index < -0.39 is 0 Å². The van der Waals surface area contributed by atoms with E-state index in [1.165, 1.54) is 18.7 Å². The second-order valence-electron chi connectivity index (χ2n) is 7.80. The van der Waals surface area contributed by atoms with E-state index >= 15 is 0 Å². The number of Topliss-reactive ketones (excluding diaryl/α,β-unsaturated/α-hetero) is 1. The molecule has 0 aliphatic heterocycles. The molecule has 4 rings (SSSR count). The molecule has 0 saturated heterocycles. The van der Waals surface area contributed by atoms with Gasteiger partial charge in [-0.05, 0) is 56.3 Å². The van der Waals surface area contributed by atoms with Crippen LogP contribution in [0, 0.1) is 6.92 Å². The zero-order valence-corrected chi connectivity index (χ0v) is 20.1. The highest BCUT2D eigenvalue weighted by atomic mass is 32.2. The predicted octanol–water partition coefficient (Wildman–Crippen LogP) is 4.64. The summed E-state index contributed by atoms with van der Waals surface area (Å²) in [5.41, 5.74) is 2.35. The first kappa shape index (κ1) is 24.0. The molecule has 0 unspecified atom stereocenters. The number of benzene rings is 2. The number of carbonyl (C=O) groups excluding carboxylic acids is 3. The zero-order chi connectivity index (χ0) is 24.8. The molecule has 9 heteroatoms. The number of aryl methyl sites for hydroxylation is 1. The number of rotatable bonds is 9. The normalized spacial score (nSPS) is 10.7. The fourth-order valence-corrected chi connectivity index (χ4v) is 4.16. The van der Waals surface area contributed by atoms with E-state index in [4.69, 9.17) is 4.42 Å². The largest absolute Gasteiger partial charge is 0.465 e. The van der Waals surface area contributed by atoms with Crippen molar-refractivity contribution in [3.05, 3.63) is 95.7 Å². The molecule has 8 nitrogen and oxygen atoms in total. The molecular weight excluding hydrogens is 464 g/mol. The second kappa shape index (κ2) is 10.9. The van der Waals surface area contributed by atoms with Crippen LogP contribution in [0.4, 0.5) is 5.69 Å². The molecule has 2 aromatic heterocycles. The summed E-state index contributed by atoms with van der Waals surface area (Å²) in [6.45, 7) is 3.63. The van der Waals surface area contributed by atoms with E-state index in [9.17, 15) is 14.4 Å². The predicted molar refractivity (Wildman–Crippen MR) is 134 cm³/mol. The molecule has 0 saturated carbocycles. The lowest BCUT2D eigenvalue weighted by atomic mass is 10.1. The third kappa shape index (κ3) is 6.27. The summed E-state index contributed by atoms with van der Waals surface area (Å²) in [6, 6.07) is 17.7. The lowest BCUT2D eigenvalue weighted by Crippen LogP contribution is -2.22. The maximum absolute atomic E-state index is 12.6. The number of hydrogen-bond donors (Lipinski definition) is 2. The Kier molecular flexibility index (Phi) is 7.47. The first-order valence-electron chi connectivity index (χ1n) is 10.9. The monoisotopic (exact) mass is 488 g/mol. The van der Waals surface area contributed by atoms with Gasteiger partial charge in [0.15, 0.2) is 10.9 Å². The van der Waals surface area contributed by atoms with Crippen molar-refractivity contribution < 1.29 is 18.8 Å². The average Bonchev–Trinajstić information content (AvgIpc) is 3.50. The van der Waals surface area contributed by atoms with Crippen LogP contribution in [-0.4, -0.2) is 32.9 Å². The van der Waals surface area contributed by atoms with Gasteiger partial charge in [0.1, 0.15) is 11.5 Å². The van der Waals surface area contributed by atoms with Crippen LogP contribution in [-0.2, 0) is 11.3 Å². The minimum absolute atomic E-state index is 0.0653. The Labute approximate surface area is 206 Å². The lowest BCUT2D eigenvalue weighted by molar-refractivity contribution is -0.113. The molecule has 2 N–H and O–H groups in total. The quantitative estimate of drug-likeness (QED) is 0.263.